The number of rotatable bonds is 14. The highest BCUT2D eigenvalue weighted by atomic mass is 32.2. The maximum Gasteiger partial charge on any atom is 0.247 e. The maximum absolute atomic E-state index is 15.2. The van der Waals surface area contributed by atoms with E-state index in [-0.39, 0.29) is 36.9 Å². The molecule has 3 aliphatic heterocycles. The van der Waals surface area contributed by atoms with Crippen LogP contribution in [0, 0.1) is 11.8 Å². The van der Waals surface area contributed by atoms with Gasteiger partial charge in [-0.25, -0.2) is 0 Å². The van der Waals surface area contributed by atoms with Gasteiger partial charge in [-0.15, -0.1) is 24.9 Å². The fourth-order valence-electron chi connectivity index (χ4n) is 9.17. The van der Waals surface area contributed by atoms with Gasteiger partial charge in [-0.05, 0) is 75.8 Å². The zero-order valence-corrected chi connectivity index (χ0v) is 29.8. The van der Waals surface area contributed by atoms with Gasteiger partial charge in [0.2, 0.25) is 17.7 Å². The highest BCUT2D eigenvalue weighted by Gasteiger charge is 2.78. The summed E-state index contributed by atoms with van der Waals surface area (Å²) >= 11 is 1.68. The molecule has 1 aliphatic carbocycles. The highest BCUT2D eigenvalue weighted by molar-refractivity contribution is 8.02. The van der Waals surface area contributed by atoms with Crippen molar-refractivity contribution < 1.29 is 24.2 Å². The number of hydrogen-bond donors (Lipinski definition) is 1. The first kappa shape index (κ1) is 35.3. The molecule has 262 valence electrons. The maximum atomic E-state index is 15.2. The number of likely N-dealkylation sites (tertiary alicyclic amines) is 1. The van der Waals surface area contributed by atoms with E-state index in [2.05, 4.69) is 20.1 Å². The minimum absolute atomic E-state index is 0.0755. The lowest BCUT2D eigenvalue weighted by atomic mass is 9.66. The van der Waals surface area contributed by atoms with Crippen LogP contribution in [-0.2, 0) is 20.8 Å². The van der Waals surface area contributed by atoms with Crippen molar-refractivity contribution in [1.29, 1.82) is 0 Å². The summed E-state index contributed by atoms with van der Waals surface area (Å²) in [5.74, 6) is -1.04. The lowest BCUT2D eigenvalue weighted by Crippen LogP contribution is -2.59. The number of aliphatic hydroxyl groups is 1. The summed E-state index contributed by atoms with van der Waals surface area (Å²) in [6.45, 7) is 12.9. The molecule has 2 aromatic rings. The lowest BCUT2D eigenvalue weighted by Gasteiger charge is -2.42. The van der Waals surface area contributed by atoms with Crippen molar-refractivity contribution in [2.75, 3.05) is 31.2 Å². The molecule has 4 fully saturated rings. The normalized spacial score (nSPS) is 28.2. The Morgan fingerprint density at radius 2 is 1.71 bits per heavy atom. The monoisotopic (exact) mass is 685 g/mol. The van der Waals surface area contributed by atoms with Crippen molar-refractivity contribution in [2.24, 2.45) is 11.8 Å². The minimum atomic E-state index is -0.796. The van der Waals surface area contributed by atoms with Gasteiger partial charge in [-0.1, -0.05) is 61.7 Å². The summed E-state index contributed by atoms with van der Waals surface area (Å²) in [6.07, 6.45) is 10.4. The van der Waals surface area contributed by atoms with Crippen LogP contribution in [0.2, 0.25) is 0 Å². The molecule has 0 radical (unpaired) electrons. The Kier molecular flexibility index (Phi) is 10.6. The van der Waals surface area contributed by atoms with Crippen molar-refractivity contribution >= 4 is 35.2 Å². The number of fused-ring (bicyclic) bond motifs is 1. The van der Waals surface area contributed by atoms with Crippen LogP contribution in [0.15, 0.2) is 79.9 Å². The predicted octanol–water partition coefficient (Wildman–Crippen LogP) is 6.04. The first-order chi connectivity index (χ1) is 23.7. The Balaban J connectivity index is 1.43. The number of amides is 3. The first-order valence-electron chi connectivity index (χ1n) is 18.0. The van der Waals surface area contributed by atoms with Crippen molar-refractivity contribution in [1.82, 2.24) is 9.80 Å². The predicted molar refractivity (Wildman–Crippen MR) is 196 cm³/mol. The molecule has 6 rings (SSSR count). The second-order valence-electron chi connectivity index (χ2n) is 14.2. The van der Waals surface area contributed by atoms with Gasteiger partial charge in [-0.3, -0.25) is 14.4 Å². The quantitative estimate of drug-likeness (QED) is 0.244. The van der Waals surface area contributed by atoms with E-state index >= 15 is 9.59 Å². The van der Waals surface area contributed by atoms with E-state index in [9.17, 15) is 9.90 Å². The molecule has 6 atom stereocenters. The van der Waals surface area contributed by atoms with E-state index in [0.717, 1.165) is 43.4 Å². The van der Waals surface area contributed by atoms with Crippen molar-refractivity contribution in [3.05, 3.63) is 85.5 Å². The van der Waals surface area contributed by atoms with Crippen LogP contribution in [0.5, 0.6) is 5.75 Å². The van der Waals surface area contributed by atoms with Crippen LogP contribution < -0.4 is 9.64 Å². The third-order valence-corrected chi connectivity index (χ3v) is 13.3. The number of anilines is 1. The van der Waals surface area contributed by atoms with Gasteiger partial charge < -0.3 is 24.5 Å². The number of benzene rings is 2. The van der Waals surface area contributed by atoms with E-state index in [1.54, 1.807) is 33.7 Å². The van der Waals surface area contributed by atoms with Gasteiger partial charge >= 0.3 is 0 Å². The third-order valence-electron chi connectivity index (χ3n) is 11.3. The van der Waals surface area contributed by atoms with E-state index < -0.39 is 33.4 Å². The molecule has 2 unspecified atom stereocenters. The number of thioether (sulfide) groups is 1. The summed E-state index contributed by atoms with van der Waals surface area (Å²) < 4.78 is 4.33. The molecule has 1 spiro atoms. The third kappa shape index (κ3) is 6.33. The summed E-state index contributed by atoms with van der Waals surface area (Å²) in [4.78, 5) is 50.6. The zero-order chi connectivity index (χ0) is 34.8. The molecule has 2 bridgehead atoms. The molecular formula is C40H51N3O5S. The average molecular weight is 686 g/mol. The van der Waals surface area contributed by atoms with Crippen LogP contribution in [0.1, 0.15) is 64.4 Å². The van der Waals surface area contributed by atoms with Crippen LogP contribution >= 0.6 is 11.8 Å². The Bertz CT molecular complexity index is 1530. The molecule has 2 aromatic carbocycles. The second-order valence-corrected chi connectivity index (χ2v) is 16.1. The minimum Gasteiger partial charge on any atom is -0.494 e. The molecule has 1 saturated carbocycles. The van der Waals surface area contributed by atoms with Crippen molar-refractivity contribution in [2.45, 2.75) is 92.8 Å². The number of hydrogen-bond acceptors (Lipinski definition) is 6. The van der Waals surface area contributed by atoms with Gasteiger partial charge in [0.05, 0.1) is 35.8 Å². The molecule has 3 heterocycles. The van der Waals surface area contributed by atoms with E-state index in [1.165, 1.54) is 0 Å². The van der Waals surface area contributed by atoms with Gasteiger partial charge in [0.25, 0.3) is 0 Å². The van der Waals surface area contributed by atoms with Crippen LogP contribution in [0.3, 0.4) is 0 Å². The number of carbonyl (C=O) groups is 3. The lowest BCUT2D eigenvalue weighted by molar-refractivity contribution is -0.147. The molecule has 3 amide bonds. The Morgan fingerprint density at radius 3 is 2.35 bits per heavy atom. The van der Waals surface area contributed by atoms with Gasteiger partial charge in [-0.2, -0.15) is 0 Å². The number of carbonyl (C=O) groups excluding carboxylic acids is 3. The average Bonchev–Trinajstić information content (AvgIpc) is 3.69. The first-order valence-corrected chi connectivity index (χ1v) is 18.8. The largest absolute Gasteiger partial charge is 0.494 e. The SMILES string of the molecule is C=CCN(C(=O)[C@@H]1[C@H]2C(=O)N([C@@H](CO)Cc3ccccc3)C(C(=O)N(CC=C)C3CCCCC3)C23CC[C@@]1(C)S3)c1ccc(OCC)cc1. The van der Waals surface area contributed by atoms with Crippen LogP contribution in [0.25, 0.3) is 0 Å². The molecule has 0 aromatic heterocycles. The standard InChI is InChI=1S/C40H51N3O5S/c1-5-24-41(30-18-20-32(21-19-30)48-7-3)36(45)33-34-37(46)43(31(27-44)26-28-14-10-8-11-15-28)35(40(34)23-22-39(33,4)49-40)38(47)42(25-6-2)29-16-12-9-13-17-29/h5-6,8,10-11,14-15,18-21,29,31,33-35,44H,1-2,7,9,12-13,16-17,22-27H2,3-4H3/t31-,33+,34+,35?,39-,40?/m1/s1. The van der Waals surface area contributed by atoms with E-state index in [0.29, 0.717) is 38.1 Å². The van der Waals surface area contributed by atoms with Gasteiger partial charge in [0, 0.05) is 29.6 Å². The number of ether oxygens (including phenoxy) is 1. The number of aliphatic hydroxyl groups excluding tert-OH is 1. The summed E-state index contributed by atoms with van der Waals surface area (Å²) in [5, 5.41) is 10.9. The zero-order valence-electron chi connectivity index (χ0n) is 29.0. The molecule has 1 N–H and O–H groups in total. The molecule has 3 saturated heterocycles. The summed E-state index contributed by atoms with van der Waals surface area (Å²) in [7, 11) is 0. The highest BCUT2D eigenvalue weighted by Crippen LogP contribution is 2.72. The molecular weight excluding hydrogens is 635 g/mol. The molecule has 49 heavy (non-hydrogen) atoms. The van der Waals surface area contributed by atoms with Gasteiger partial charge in [0.15, 0.2) is 0 Å². The molecule has 4 aliphatic rings. The van der Waals surface area contributed by atoms with Gasteiger partial charge in [0.1, 0.15) is 11.8 Å². The fraction of sp³-hybridized carbons (Fsp3) is 0.525. The van der Waals surface area contributed by atoms with E-state index in [4.69, 9.17) is 4.74 Å². The fourth-order valence-corrected chi connectivity index (χ4v) is 11.5. The van der Waals surface area contributed by atoms with Crippen LogP contribution in [0.4, 0.5) is 5.69 Å². The summed E-state index contributed by atoms with van der Waals surface area (Å²) in [5.41, 5.74) is 1.69. The second kappa shape index (κ2) is 14.7. The topological polar surface area (TPSA) is 90.4 Å². The van der Waals surface area contributed by atoms with E-state index in [1.807, 2.05) is 66.4 Å². The Hall–Kier alpha value is -3.56. The molecule has 8 nitrogen and oxygen atoms in total. The number of nitrogens with zero attached hydrogens (tertiary/aromatic N) is 3. The smallest absolute Gasteiger partial charge is 0.247 e. The summed E-state index contributed by atoms with van der Waals surface area (Å²) in [6, 6.07) is 15.9. The Labute approximate surface area is 295 Å². The van der Waals surface area contributed by atoms with Crippen LogP contribution in [-0.4, -0.2) is 86.6 Å². The van der Waals surface area contributed by atoms with Crippen molar-refractivity contribution in [3.8, 4) is 5.75 Å². The van der Waals surface area contributed by atoms with Crippen molar-refractivity contribution in [3.63, 3.8) is 0 Å². The molecule has 9 heteroatoms. The Morgan fingerprint density at radius 1 is 1.02 bits per heavy atom.